The van der Waals surface area contributed by atoms with Gasteiger partial charge in [-0.1, -0.05) is 42.5 Å². The summed E-state index contributed by atoms with van der Waals surface area (Å²) >= 11 is 0. The van der Waals surface area contributed by atoms with Gasteiger partial charge in [0.2, 0.25) is 15.9 Å². The van der Waals surface area contributed by atoms with Crippen LogP contribution < -0.4 is 14.8 Å². The minimum Gasteiger partial charge on any atom is -0.497 e. The molecule has 0 bridgehead atoms. The highest BCUT2D eigenvalue weighted by atomic mass is 32.2. The Morgan fingerprint density at radius 2 is 1.57 bits per heavy atom. The fourth-order valence-electron chi connectivity index (χ4n) is 4.75. The quantitative estimate of drug-likeness (QED) is 0.256. The van der Waals surface area contributed by atoms with E-state index in [1.54, 1.807) is 26.4 Å². The Kier molecular flexibility index (Phi) is 12.1. The lowest BCUT2D eigenvalue weighted by Crippen LogP contribution is -2.52. The van der Waals surface area contributed by atoms with Crippen molar-refractivity contribution < 1.29 is 37.0 Å². The maximum atomic E-state index is 13.8. The number of carbonyl (C=O) groups excluding carboxylic acids is 2. The van der Waals surface area contributed by atoms with Crippen molar-refractivity contribution in [3.8, 4) is 11.5 Å². The molecule has 0 saturated carbocycles. The van der Waals surface area contributed by atoms with Crippen molar-refractivity contribution in [1.82, 2.24) is 14.5 Å². The summed E-state index contributed by atoms with van der Waals surface area (Å²) < 4.78 is 48.8. The minimum absolute atomic E-state index is 0.134. The van der Waals surface area contributed by atoms with Crippen LogP contribution in [-0.2, 0) is 42.1 Å². The summed E-state index contributed by atoms with van der Waals surface area (Å²) in [6.45, 7) is 1.71. The summed E-state index contributed by atoms with van der Waals surface area (Å²) in [7, 11) is -0.536. The Balaban J connectivity index is 1.54. The van der Waals surface area contributed by atoms with Crippen LogP contribution in [0.4, 0.5) is 0 Å². The summed E-state index contributed by atoms with van der Waals surface area (Å²) in [5, 5.41) is 2.88. The Bertz CT molecular complexity index is 1450. The van der Waals surface area contributed by atoms with Gasteiger partial charge in [0.05, 0.1) is 31.8 Å². The molecule has 1 aliphatic rings. The molecular formula is C32H39N3O8S. The molecule has 1 unspecified atom stereocenters. The van der Waals surface area contributed by atoms with Gasteiger partial charge >= 0.3 is 0 Å². The highest BCUT2D eigenvalue weighted by Crippen LogP contribution is 2.22. The number of rotatable bonds is 15. The van der Waals surface area contributed by atoms with Gasteiger partial charge in [-0.2, -0.15) is 4.31 Å². The number of nitrogens with zero attached hydrogens (tertiary/aromatic N) is 2. The molecule has 12 heteroatoms. The topological polar surface area (TPSA) is 124 Å². The molecule has 1 fully saturated rings. The first-order valence-electron chi connectivity index (χ1n) is 14.4. The first-order chi connectivity index (χ1) is 21.3. The lowest BCUT2D eigenvalue weighted by molar-refractivity contribution is -0.142. The van der Waals surface area contributed by atoms with Crippen LogP contribution in [-0.4, -0.2) is 95.8 Å². The van der Waals surface area contributed by atoms with Crippen molar-refractivity contribution in [3.63, 3.8) is 0 Å². The standard InChI is InChI=1S/C32H39N3O8S/c1-40-19-16-33-32(37)30(22-25-6-4-3-5-7-25)35(23-26-8-10-27(41-2)11-9-26)31(36)24-43-28-12-14-29(15-13-28)44(38,39)34-17-20-42-21-18-34/h3-15,30H,16-24H2,1-2H3,(H,33,37). The van der Waals surface area contributed by atoms with E-state index in [1.165, 1.54) is 33.5 Å². The second-order valence-electron chi connectivity index (χ2n) is 10.1. The zero-order chi connectivity index (χ0) is 31.4. The molecule has 0 radical (unpaired) electrons. The monoisotopic (exact) mass is 625 g/mol. The summed E-state index contributed by atoms with van der Waals surface area (Å²) in [6, 6.07) is 21.9. The molecule has 2 amide bonds. The first kappa shape index (κ1) is 32.9. The molecule has 4 rings (SSSR count). The molecule has 236 valence electrons. The fourth-order valence-corrected chi connectivity index (χ4v) is 6.16. The van der Waals surface area contributed by atoms with Crippen LogP contribution in [0.15, 0.2) is 83.8 Å². The van der Waals surface area contributed by atoms with E-state index in [1.807, 2.05) is 42.5 Å². The van der Waals surface area contributed by atoms with Crippen molar-refractivity contribution in [2.75, 3.05) is 60.3 Å². The number of ether oxygens (including phenoxy) is 4. The summed E-state index contributed by atoms with van der Waals surface area (Å²) in [5.74, 6) is 0.277. The Labute approximate surface area is 258 Å². The van der Waals surface area contributed by atoms with Crippen LogP contribution in [0.5, 0.6) is 11.5 Å². The summed E-state index contributed by atoms with van der Waals surface area (Å²) in [6.07, 6.45) is 0.287. The van der Waals surface area contributed by atoms with Gasteiger partial charge in [-0.15, -0.1) is 0 Å². The van der Waals surface area contributed by atoms with Crippen molar-refractivity contribution in [3.05, 3.63) is 90.0 Å². The molecule has 1 saturated heterocycles. The maximum absolute atomic E-state index is 13.8. The molecule has 11 nitrogen and oxygen atoms in total. The second-order valence-corrected chi connectivity index (χ2v) is 12.1. The molecule has 0 spiro atoms. The smallest absolute Gasteiger partial charge is 0.261 e. The van der Waals surface area contributed by atoms with E-state index in [0.717, 1.165) is 11.1 Å². The molecule has 0 aliphatic carbocycles. The SMILES string of the molecule is COCCNC(=O)C(Cc1ccccc1)N(Cc1ccc(OC)cc1)C(=O)COc1ccc(S(=O)(=O)N2CCOCC2)cc1. The molecule has 0 aromatic heterocycles. The third-order valence-corrected chi connectivity index (χ3v) is 9.10. The van der Waals surface area contributed by atoms with Crippen LogP contribution in [0.2, 0.25) is 0 Å². The van der Waals surface area contributed by atoms with E-state index >= 15 is 0 Å². The Hall–Kier alpha value is -3.97. The van der Waals surface area contributed by atoms with E-state index in [2.05, 4.69) is 5.32 Å². The van der Waals surface area contributed by atoms with E-state index < -0.39 is 22.0 Å². The van der Waals surface area contributed by atoms with Crippen LogP contribution in [0, 0.1) is 0 Å². The zero-order valence-electron chi connectivity index (χ0n) is 25.0. The van der Waals surface area contributed by atoms with Gasteiger partial charge in [-0.05, 0) is 47.5 Å². The molecule has 1 atom stereocenters. The first-order valence-corrected chi connectivity index (χ1v) is 15.8. The largest absolute Gasteiger partial charge is 0.497 e. The van der Waals surface area contributed by atoms with Gasteiger partial charge in [0.25, 0.3) is 5.91 Å². The van der Waals surface area contributed by atoms with Crippen LogP contribution >= 0.6 is 0 Å². The third kappa shape index (κ3) is 9.02. The number of hydrogen-bond donors (Lipinski definition) is 1. The molecule has 3 aromatic rings. The lowest BCUT2D eigenvalue weighted by Gasteiger charge is -2.31. The van der Waals surface area contributed by atoms with Gasteiger partial charge in [-0.25, -0.2) is 8.42 Å². The minimum atomic E-state index is -3.66. The van der Waals surface area contributed by atoms with Crippen LogP contribution in [0.1, 0.15) is 11.1 Å². The Morgan fingerprint density at radius 3 is 2.20 bits per heavy atom. The molecule has 1 N–H and O–H groups in total. The average Bonchev–Trinajstić information content (AvgIpc) is 3.06. The van der Waals surface area contributed by atoms with E-state index in [4.69, 9.17) is 18.9 Å². The number of sulfonamides is 1. The molecule has 1 heterocycles. The maximum Gasteiger partial charge on any atom is 0.261 e. The predicted molar refractivity (Wildman–Crippen MR) is 164 cm³/mol. The number of nitrogens with one attached hydrogen (secondary N) is 1. The van der Waals surface area contributed by atoms with Gasteiger partial charge in [-0.3, -0.25) is 9.59 Å². The van der Waals surface area contributed by atoms with Crippen molar-refractivity contribution >= 4 is 21.8 Å². The van der Waals surface area contributed by atoms with E-state index in [9.17, 15) is 18.0 Å². The summed E-state index contributed by atoms with van der Waals surface area (Å²) in [4.78, 5) is 28.9. The number of carbonyl (C=O) groups is 2. The van der Waals surface area contributed by atoms with Gasteiger partial charge in [0.1, 0.15) is 17.5 Å². The van der Waals surface area contributed by atoms with Gasteiger partial charge < -0.3 is 29.2 Å². The number of benzene rings is 3. The normalized spacial score (nSPS) is 14.4. The number of methoxy groups -OCH3 is 2. The zero-order valence-corrected chi connectivity index (χ0v) is 25.8. The molecule has 44 heavy (non-hydrogen) atoms. The van der Waals surface area contributed by atoms with Crippen molar-refractivity contribution in [1.29, 1.82) is 0 Å². The summed E-state index contributed by atoms with van der Waals surface area (Å²) in [5.41, 5.74) is 1.70. The highest BCUT2D eigenvalue weighted by molar-refractivity contribution is 7.89. The lowest BCUT2D eigenvalue weighted by atomic mass is 10.0. The van der Waals surface area contributed by atoms with E-state index in [0.29, 0.717) is 51.0 Å². The van der Waals surface area contributed by atoms with Crippen LogP contribution in [0.25, 0.3) is 0 Å². The number of morpholine rings is 1. The second kappa shape index (κ2) is 16.2. The van der Waals surface area contributed by atoms with Gasteiger partial charge in [0, 0.05) is 39.7 Å². The predicted octanol–water partition coefficient (Wildman–Crippen LogP) is 2.50. The fraction of sp³-hybridized carbons (Fsp3) is 0.375. The molecule has 3 aromatic carbocycles. The third-order valence-electron chi connectivity index (χ3n) is 7.18. The van der Waals surface area contributed by atoms with Crippen LogP contribution in [0.3, 0.4) is 0 Å². The average molecular weight is 626 g/mol. The Morgan fingerprint density at radius 1 is 0.909 bits per heavy atom. The van der Waals surface area contributed by atoms with Gasteiger partial charge in [0.15, 0.2) is 6.61 Å². The van der Waals surface area contributed by atoms with E-state index in [-0.39, 0.29) is 30.4 Å². The molecular weight excluding hydrogens is 586 g/mol. The van der Waals surface area contributed by atoms with Crippen molar-refractivity contribution in [2.45, 2.75) is 23.9 Å². The molecule has 1 aliphatic heterocycles. The number of hydrogen-bond acceptors (Lipinski definition) is 8. The van der Waals surface area contributed by atoms with Crippen molar-refractivity contribution in [2.24, 2.45) is 0 Å². The highest BCUT2D eigenvalue weighted by Gasteiger charge is 2.31. The number of amides is 2.